The number of nitrogens with zero attached hydrogens (tertiary/aromatic N) is 3. The first-order valence-corrected chi connectivity index (χ1v) is 9.49. The number of aryl methyl sites for hydroxylation is 1. The minimum atomic E-state index is 0.297. The number of hydrogen-bond acceptors (Lipinski definition) is 6. The summed E-state index contributed by atoms with van der Waals surface area (Å²) in [7, 11) is 1.91. The van der Waals surface area contributed by atoms with E-state index in [-0.39, 0.29) is 0 Å². The molecular weight excluding hydrogens is 350 g/mol. The van der Waals surface area contributed by atoms with Crippen molar-refractivity contribution in [2.75, 3.05) is 17.7 Å². The number of anilines is 3. The van der Waals surface area contributed by atoms with Gasteiger partial charge in [0.1, 0.15) is 11.3 Å². The Kier molecular flexibility index (Phi) is 3.97. The van der Waals surface area contributed by atoms with Gasteiger partial charge in [-0.1, -0.05) is 30.3 Å². The molecule has 1 aliphatic carbocycles. The Morgan fingerprint density at radius 1 is 1.04 bits per heavy atom. The predicted octanol–water partition coefficient (Wildman–Crippen LogP) is 4.79. The minimum absolute atomic E-state index is 0.297. The van der Waals surface area contributed by atoms with Crippen LogP contribution in [0.2, 0.25) is 0 Å². The third-order valence-corrected chi connectivity index (χ3v) is 5.24. The fourth-order valence-electron chi connectivity index (χ4n) is 3.98. The highest BCUT2D eigenvalue weighted by atomic mass is 16.3. The smallest absolute Gasteiger partial charge is 0.229 e. The Labute approximate surface area is 163 Å². The molecule has 6 nitrogen and oxygen atoms in total. The Hall–Kier alpha value is -3.41. The molecule has 5 rings (SSSR count). The van der Waals surface area contributed by atoms with Crippen LogP contribution in [0.15, 0.2) is 52.9 Å². The van der Waals surface area contributed by atoms with Crippen molar-refractivity contribution >= 4 is 28.6 Å². The van der Waals surface area contributed by atoms with Crippen molar-refractivity contribution in [2.24, 2.45) is 0 Å². The highest BCUT2D eigenvalue weighted by Gasteiger charge is 2.29. The van der Waals surface area contributed by atoms with Crippen molar-refractivity contribution in [2.45, 2.75) is 25.7 Å². The summed E-state index contributed by atoms with van der Waals surface area (Å²) in [4.78, 5) is 13.9. The van der Waals surface area contributed by atoms with Gasteiger partial charge in [0, 0.05) is 37.2 Å². The minimum Gasteiger partial charge on any atom is -0.441 e. The first-order chi connectivity index (χ1) is 13.7. The number of fused-ring (bicyclic) bond motifs is 2. The van der Waals surface area contributed by atoms with Gasteiger partial charge in [-0.25, -0.2) is 9.97 Å². The largest absolute Gasteiger partial charge is 0.441 e. The van der Waals surface area contributed by atoms with Crippen LogP contribution in [0.4, 0.5) is 17.5 Å². The molecule has 0 saturated heterocycles. The van der Waals surface area contributed by atoms with Crippen molar-refractivity contribution in [3.05, 3.63) is 71.2 Å². The molecule has 1 aliphatic rings. The second-order valence-electron chi connectivity index (χ2n) is 7.05. The van der Waals surface area contributed by atoms with Gasteiger partial charge in [-0.15, -0.1) is 0 Å². The molecule has 0 radical (unpaired) electrons. The van der Waals surface area contributed by atoms with E-state index in [1.165, 1.54) is 11.1 Å². The number of nitrogens with one attached hydrogen (secondary N) is 2. The van der Waals surface area contributed by atoms with E-state index in [1.807, 2.05) is 38.2 Å². The van der Waals surface area contributed by atoms with Crippen LogP contribution in [0.3, 0.4) is 0 Å². The molecule has 0 amide bonds. The second-order valence-corrected chi connectivity index (χ2v) is 7.05. The zero-order valence-electron chi connectivity index (χ0n) is 15.9. The van der Waals surface area contributed by atoms with Crippen molar-refractivity contribution in [1.29, 1.82) is 0 Å². The van der Waals surface area contributed by atoms with Crippen molar-refractivity contribution < 1.29 is 4.42 Å². The van der Waals surface area contributed by atoms with Gasteiger partial charge in [0.15, 0.2) is 11.5 Å². The fraction of sp³-hybridized carbons (Fsp3) is 0.227. The third kappa shape index (κ3) is 2.87. The van der Waals surface area contributed by atoms with E-state index in [1.54, 1.807) is 0 Å². The summed E-state index contributed by atoms with van der Waals surface area (Å²) in [5.41, 5.74) is 6.08. The highest BCUT2D eigenvalue weighted by molar-refractivity contribution is 5.78. The molecule has 0 spiro atoms. The molecule has 2 N–H and O–H groups in total. The lowest BCUT2D eigenvalue weighted by atomic mass is 9.97. The maximum Gasteiger partial charge on any atom is 0.229 e. The number of rotatable bonds is 4. The van der Waals surface area contributed by atoms with Crippen LogP contribution in [-0.2, 0) is 6.42 Å². The van der Waals surface area contributed by atoms with Crippen LogP contribution in [0.5, 0.6) is 0 Å². The fourth-order valence-corrected chi connectivity index (χ4v) is 3.98. The van der Waals surface area contributed by atoms with Crippen molar-refractivity contribution in [3.8, 4) is 0 Å². The summed E-state index contributed by atoms with van der Waals surface area (Å²) in [6.45, 7) is 1.85. The van der Waals surface area contributed by atoms with E-state index in [4.69, 9.17) is 14.4 Å². The summed E-state index contributed by atoms with van der Waals surface area (Å²) in [6, 6.07) is 16.4. The van der Waals surface area contributed by atoms with E-state index in [0.29, 0.717) is 17.8 Å². The molecule has 2 aromatic heterocycles. The van der Waals surface area contributed by atoms with Crippen LogP contribution < -0.4 is 10.6 Å². The maximum absolute atomic E-state index is 5.64. The van der Waals surface area contributed by atoms with Crippen LogP contribution in [0.25, 0.3) is 11.1 Å². The SMILES string of the molecule is CNc1nc(Nc2ccc3nc(C)oc3c2)nc2c1CCC2c1ccccc1. The van der Waals surface area contributed by atoms with E-state index < -0.39 is 0 Å². The lowest BCUT2D eigenvalue weighted by Crippen LogP contribution is -2.07. The Morgan fingerprint density at radius 3 is 2.71 bits per heavy atom. The molecule has 4 aromatic rings. The van der Waals surface area contributed by atoms with Gasteiger partial charge in [0.2, 0.25) is 5.95 Å². The summed E-state index contributed by atoms with van der Waals surface area (Å²) in [5, 5.41) is 6.57. The summed E-state index contributed by atoms with van der Waals surface area (Å²) < 4.78 is 5.64. The Balaban J connectivity index is 1.53. The molecule has 0 saturated carbocycles. The van der Waals surface area contributed by atoms with Gasteiger partial charge in [-0.05, 0) is 30.5 Å². The standard InChI is InChI=1S/C22H21N5O/c1-13-24-18-11-8-15(12-19(18)28-13)25-22-26-20-16(14-6-4-3-5-7-14)9-10-17(20)21(23-2)27-22/h3-8,11-12,16H,9-10H2,1-2H3,(H2,23,25,26,27). The van der Waals surface area contributed by atoms with Crippen molar-refractivity contribution in [3.63, 3.8) is 0 Å². The van der Waals surface area contributed by atoms with Crippen LogP contribution in [-0.4, -0.2) is 22.0 Å². The summed E-state index contributed by atoms with van der Waals surface area (Å²) in [6.07, 6.45) is 2.03. The topological polar surface area (TPSA) is 75.9 Å². The summed E-state index contributed by atoms with van der Waals surface area (Å²) >= 11 is 0. The molecule has 2 heterocycles. The molecule has 140 valence electrons. The normalized spacial score (nSPS) is 15.6. The molecular formula is C22H21N5O. The number of oxazole rings is 1. The zero-order chi connectivity index (χ0) is 19.1. The number of aromatic nitrogens is 3. The van der Waals surface area contributed by atoms with Crippen LogP contribution in [0, 0.1) is 6.92 Å². The van der Waals surface area contributed by atoms with Crippen molar-refractivity contribution in [1.82, 2.24) is 15.0 Å². The average molecular weight is 371 g/mol. The quantitative estimate of drug-likeness (QED) is 0.537. The van der Waals surface area contributed by atoms with E-state index in [0.717, 1.165) is 41.1 Å². The van der Waals surface area contributed by atoms with Gasteiger partial charge in [0.25, 0.3) is 0 Å². The number of hydrogen-bond donors (Lipinski definition) is 2. The first-order valence-electron chi connectivity index (χ1n) is 9.49. The molecule has 2 aromatic carbocycles. The molecule has 28 heavy (non-hydrogen) atoms. The van der Waals surface area contributed by atoms with Gasteiger partial charge in [-0.3, -0.25) is 0 Å². The second kappa shape index (κ2) is 6.64. The monoisotopic (exact) mass is 371 g/mol. The van der Waals surface area contributed by atoms with Gasteiger partial charge in [-0.2, -0.15) is 4.98 Å². The lowest BCUT2D eigenvalue weighted by molar-refractivity contribution is 0.561. The highest BCUT2D eigenvalue weighted by Crippen LogP contribution is 2.40. The first kappa shape index (κ1) is 16.7. The van der Waals surface area contributed by atoms with Gasteiger partial charge >= 0.3 is 0 Å². The molecule has 0 fully saturated rings. The van der Waals surface area contributed by atoms with Gasteiger partial charge < -0.3 is 15.1 Å². The van der Waals surface area contributed by atoms with Crippen LogP contribution >= 0.6 is 0 Å². The van der Waals surface area contributed by atoms with E-state index in [9.17, 15) is 0 Å². The molecule has 0 bridgehead atoms. The molecule has 6 heteroatoms. The maximum atomic E-state index is 5.64. The Morgan fingerprint density at radius 2 is 1.89 bits per heavy atom. The number of benzene rings is 2. The summed E-state index contributed by atoms with van der Waals surface area (Å²) in [5.74, 6) is 2.43. The Bertz CT molecular complexity index is 1150. The molecule has 1 unspecified atom stereocenters. The van der Waals surface area contributed by atoms with E-state index >= 15 is 0 Å². The predicted molar refractivity (Wildman–Crippen MR) is 110 cm³/mol. The van der Waals surface area contributed by atoms with E-state index in [2.05, 4.69) is 39.9 Å². The third-order valence-electron chi connectivity index (χ3n) is 5.24. The zero-order valence-corrected chi connectivity index (χ0v) is 15.9. The lowest BCUT2D eigenvalue weighted by Gasteiger charge is -2.14. The molecule has 1 atom stereocenters. The van der Waals surface area contributed by atoms with Crippen LogP contribution in [0.1, 0.15) is 35.1 Å². The van der Waals surface area contributed by atoms with Gasteiger partial charge in [0.05, 0.1) is 5.69 Å². The average Bonchev–Trinajstić information content (AvgIpc) is 3.30. The molecule has 0 aliphatic heterocycles.